The summed E-state index contributed by atoms with van der Waals surface area (Å²) in [6.07, 6.45) is 7.29. The quantitative estimate of drug-likeness (QED) is 0.752. The molecule has 1 aliphatic carbocycles. The molecule has 1 unspecified atom stereocenters. The first-order valence-corrected chi connectivity index (χ1v) is 6.75. The second-order valence-corrected chi connectivity index (χ2v) is 5.59. The molecule has 2 aliphatic rings. The van der Waals surface area contributed by atoms with Gasteiger partial charge in [-0.2, -0.15) is 0 Å². The van der Waals surface area contributed by atoms with Gasteiger partial charge in [0.1, 0.15) is 0 Å². The van der Waals surface area contributed by atoms with E-state index in [2.05, 4.69) is 24.1 Å². The van der Waals surface area contributed by atoms with Gasteiger partial charge in [0.15, 0.2) is 0 Å². The van der Waals surface area contributed by atoms with Crippen LogP contribution in [0.5, 0.6) is 0 Å². The van der Waals surface area contributed by atoms with Crippen LogP contribution in [0.2, 0.25) is 0 Å². The molecule has 0 bridgehead atoms. The van der Waals surface area contributed by atoms with Crippen LogP contribution in [0.3, 0.4) is 0 Å². The number of nitrogens with one attached hydrogen (secondary N) is 1. The first-order valence-electron chi connectivity index (χ1n) is 6.75. The standard InChI is InChI=1S/C13H26N2/c1-11(2)13-10-15(9-8-14-13)12-6-4-3-5-7-12/h11-14H,3-10H2,1-2H3. The van der Waals surface area contributed by atoms with E-state index in [1.54, 1.807) is 0 Å². The van der Waals surface area contributed by atoms with Gasteiger partial charge in [0, 0.05) is 31.7 Å². The summed E-state index contributed by atoms with van der Waals surface area (Å²) in [6.45, 7) is 8.42. The Balaban J connectivity index is 1.85. The van der Waals surface area contributed by atoms with Gasteiger partial charge in [-0.1, -0.05) is 33.1 Å². The smallest absolute Gasteiger partial charge is 0.0218 e. The number of nitrogens with zero attached hydrogens (tertiary/aromatic N) is 1. The van der Waals surface area contributed by atoms with Gasteiger partial charge in [0.25, 0.3) is 0 Å². The van der Waals surface area contributed by atoms with E-state index in [0.29, 0.717) is 0 Å². The molecule has 1 aliphatic heterocycles. The molecule has 0 radical (unpaired) electrons. The Morgan fingerprint density at radius 1 is 1.13 bits per heavy atom. The van der Waals surface area contributed by atoms with Crippen LogP contribution in [0.4, 0.5) is 0 Å². The molecule has 1 atom stereocenters. The zero-order valence-electron chi connectivity index (χ0n) is 10.3. The minimum atomic E-state index is 0.723. The van der Waals surface area contributed by atoms with Gasteiger partial charge >= 0.3 is 0 Å². The number of hydrogen-bond acceptors (Lipinski definition) is 2. The molecule has 0 aromatic carbocycles. The van der Waals surface area contributed by atoms with Crippen molar-refractivity contribution in [3.63, 3.8) is 0 Å². The van der Waals surface area contributed by atoms with E-state index in [1.807, 2.05) is 0 Å². The van der Waals surface area contributed by atoms with E-state index in [4.69, 9.17) is 0 Å². The summed E-state index contributed by atoms with van der Waals surface area (Å²) in [7, 11) is 0. The van der Waals surface area contributed by atoms with Crippen LogP contribution in [0, 0.1) is 5.92 Å². The van der Waals surface area contributed by atoms with Gasteiger partial charge in [0.05, 0.1) is 0 Å². The maximum Gasteiger partial charge on any atom is 0.0218 e. The Labute approximate surface area is 94.4 Å². The van der Waals surface area contributed by atoms with Gasteiger partial charge in [-0.3, -0.25) is 4.90 Å². The average Bonchev–Trinajstić information content (AvgIpc) is 2.30. The summed E-state index contributed by atoms with van der Waals surface area (Å²) >= 11 is 0. The lowest BCUT2D eigenvalue weighted by atomic mass is 9.92. The number of rotatable bonds is 2. The van der Waals surface area contributed by atoms with Crippen LogP contribution < -0.4 is 5.32 Å². The zero-order valence-corrected chi connectivity index (χ0v) is 10.3. The van der Waals surface area contributed by atoms with Crippen molar-refractivity contribution in [3.05, 3.63) is 0 Å². The molecule has 88 valence electrons. The van der Waals surface area contributed by atoms with Crippen LogP contribution >= 0.6 is 0 Å². The highest BCUT2D eigenvalue weighted by atomic mass is 15.2. The van der Waals surface area contributed by atoms with Crippen molar-refractivity contribution in [2.24, 2.45) is 5.92 Å². The van der Waals surface area contributed by atoms with E-state index >= 15 is 0 Å². The normalized spacial score (nSPS) is 31.0. The van der Waals surface area contributed by atoms with E-state index in [-0.39, 0.29) is 0 Å². The van der Waals surface area contributed by atoms with Crippen LogP contribution in [0.1, 0.15) is 46.0 Å². The first kappa shape index (κ1) is 11.4. The van der Waals surface area contributed by atoms with Crippen LogP contribution in [0.25, 0.3) is 0 Å². The summed E-state index contributed by atoms with van der Waals surface area (Å²) < 4.78 is 0. The summed E-state index contributed by atoms with van der Waals surface area (Å²) in [4.78, 5) is 2.75. The van der Waals surface area contributed by atoms with E-state index in [0.717, 1.165) is 18.0 Å². The molecular formula is C13H26N2. The highest BCUT2D eigenvalue weighted by molar-refractivity contribution is 4.85. The first-order chi connectivity index (χ1) is 7.27. The average molecular weight is 210 g/mol. The SMILES string of the molecule is CC(C)C1CN(C2CCCCC2)CCN1. The van der Waals surface area contributed by atoms with Crippen molar-refractivity contribution < 1.29 is 0 Å². The van der Waals surface area contributed by atoms with Crippen molar-refractivity contribution >= 4 is 0 Å². The van der Waals surface area contributed by atoms with E-state index in [9.17, 15) is 0 Å². The summed E-state index contributed by atoms with van der Waals surface area (Å²) in [5.41, 5.74) is 0. The molecule has 15 heavy (non-hydrogen) atoms. The predicted molar refractivity (Wildman–Crippen MR) is 65.1 cm³/mol. The second-order valence-electron chi connectivity index (χ2n) is 5.59. The molecule has 0 spiro atoms. The van der Waals surface area contributed by atoms with Gasteiger partial charge < -0.3 is 5.32 Å². The monoisotopic (exact) mass is 210 g/mol. The summed E-state index contributed by atoms with van der Waals surface area (Å²) in [5, 5.41) is 3.65. The van der Waals surface area contributed by atoms with Crippen molar-refractivity contribution in [1.29, 1.82) is 0 Å². The molecule has 1 heterocycles. The minimum absolute atomic E-state index is 0.723. The van der Waals surface area contributed by atoms with Crippen LogP contribution in [-0.2, 0) is 0 Å². The number of piperazine rings is 1. The highest BCUT2D eigenvalue weighted by Gasteiger charge is 2.27. The maximum atomic E-state index is 3.65. The van der Waals surface area contributed by atoms with Crippen molar-refractivity contribution in [3.8, 4) is 0 Å². The fraction of sp³-hybridized carbons (Fsp3) is 1.00. The molecule has 1 saturated heterocycles. The van der Waals surface area contributed by atoms with Crippen LogP contribution in [-0.4, -0.2) is 36.6 Å². The summed E-state index contributed by atoms with van der Waals surface area (Å²) in [6, 6.07) is 1.63. The molecular weight excluding hydrogens is 184 g/mol. The Kier molecular flexibility index (Phi) is 4.04. The van der Waals surface area contributed by atoms with Gasteiger partial charge in [0.2, 0.25) is 0 Å². The highest BCUT2D eigenvalue weighted by Crippen LogP contribution is 2.24. The Morgan fingerprint density at radius 3 is 2.53 bits per heavy atom. The van der Waals surface area contributed by atoms with Gasteiger partial charge in [-0.15, -0.1) is 0 Å². The Bertz CT molecular complexity index is 185. The molecule has 1 N–H and O–H groups in total. The molecule has 0 amide bonds. The Hall–Kier alpha value is -0.0800. The van der Waals surface area contributed by atoms with E-state index < -0.39 is 0 Å². The number of hydrogen-bond donors (Lipinski definition) is 1. The maximum absolute atomic E-state index is 3.65. The van der Waals surface area contributed by atoms with Crippen molar-refractivity contribution in [1.82, 2.24) is 10.2 Å². The molecule has 0 aromatic rings. The predicted octanol–water partition coefficient (Wildman–Crippen LogP) is 2.25. The van der Waals surface area contributed by atoms with Gasteiger partial charge in [-0.25, -0.2) is 0 Å². The van der Waals surface area contributed by atoms with Crippen LogP contribution in [0.15, 0.2) is 0 Å². The lowest BCUT2D eigenvalue weighted by Gasteiger charge is -2.41. The zero-order chi connectivity index (χ0) is 10.7. The fourth-order valence-electron chi connectivity index (χ4n) is 3.03. The molecule has 1 saturated carbocycles. The van der Waals surface area contributed by atoms with E-state index in [1.165, 1.54) is 51.7 Å². The lowest BCUT2D eigenvalue weighted by Crippen LogP contribution is -2.55. The third-order valence-corrected chi connectivity index (χ3v) is 4.13. The second kappa shape index (κ2) is 5.31. The van der Waals surface area contributed by atoms with Crippen molar-refractivity contribution in [2.45, 2.75) is 58.0 Å². The lowest BCUT2D eigenvalue weighted by molar-refractivity contribution is 0.103. The minimum Gasteiger partial charge on any atom is -0.311 e. The van der Waals surface area contributed by atoms with Gasteiger partial charge in [-0.05, 0) is 18.8 Å². The molecule has 2 heteroatoms. The molecule has 2 rings (SSSR count). The van der Waals surface area contributed by atoms with Crippen molar-refractivity contribution in [2.75, 3.05) is 19.6 Å². The third kappa shape index (κ3) is 2.94. The third-order valence-electron chi connectivity index (χ3n) is 4.13. The fourth-order valence-corrected chi connectivity index (χ4v) is 3.03. The Morgan fingerprint density at radius 2 is 1.87 bits per heavy atom. The summed E-state index contributed by atoms with van der Waals surface area (Å²) in [5.74, 6) is 0.774. The molecule has 2 fully saturated rings. The largest absolute Gasteiger partial charge is 0.311 e. The molecule has 0 aromatic heterocycles. The molecule has 2 nitrogen and oxygen atoms in total. The topological polar surface area (TPSA) is 15.3 Å².